The molecule has 18 heavy (non-hydrogen) atoms. The number of thioether (sulfide) groups is 1. The number of carbonyl (C=O) groups excluding carboxylic acids is 1. The number of hydrazine groups is 1. The van der Waals surface area contributed by atoms with Crippen molar-refractivity contribution in [1.82, 2.24) is 5.43 Å². The van der Waals surface area contributed by atoms with Gasteiger partial charge in [-0.05, 0) is 18.4 Å². The monoisotopic (exact) mass is 266 g/mol. The maximum atomic E-state index is 11.3. The lowest BCUT2D eigenvalue weighted by Gasteiger charge is -2.12. The highest BCUT2D eigenvalue weighted by molar-refractivity contribution is 7.98. The zero-order valence-electron chi connectivity index (χ0n) is 10.2. The summed E-state index contributed by atoms with van der Waals surface area (Å²) in [7, 11) is 0. The lowest BCUT2D eigenvalue weighted by molar-refractivity contribution is -0.131. The van der Waals surface area contributed by atoms with Gasteiger partial charge in [-0.1, -0.05) is 30.3 Å². The Labute approximate surface area is 111 Å². The molecule has 1 aromatic carbocycles. The summed E-state index contributed by atoms with van der Waals surface area (Å²) in [5.41, 5.74) is 3.46. The van der Waals surface area contributed by atoms with Crippen molar-refractivity contribution in [2.45, 2.75) is 30.8 Å². The molecule has 1 saturated heterocycles. The van der Waals surface area contributed by atoms with Gasteiger partial charge >= 0.3 is 0 Å². The molecule has 4 nitrogen and oxygen atoms in total. The Morgan fingerprint density at radius 3 is 2.89 bits per heavy atom. The van der Waals surface area contributed by atoms with Crippen molar-refractivity contribution in [3.8, 4) is 0 Å². The fourth-order valence-electron chi connectivity index (χ4n) is 2.00. The van der Waals surface area contributed by atoms with Crippen LogP contribution in [0.2, 0.25) is 0 Å². The highest BCUT2D eigenvalue weighted by atomic mass is 32.2. The average molecular weight is 266 g/mol. The smallest absolute Gasteiger partial charge is 0.263 e. The highest BCUT2D eigenvalue weighted by Gasteiger charge is 2.29. The fourth-order valence-corrected chi connectivity index (χ4v) is 3.05. The van der Waals surface area contributed by atoms with Crippen LogP contribution in [0.1, 0.15) is 18.4 Å². The van der Waals surface area contributed by atoms with Crippen LogP contribution in [0.3, 0.4) is 0 Å². The molecular weight excluding hydrogens is 248 g/mol. The van der Waals surface area contributed by atoms with E-state index in [9.17, 15) is 4.79 Å². The molecule has 0 radical (unpaired) electrons. The van der Waals surface area contributed by atoms with Crippen LogP contribution >= 0.6 is 11.8 Å². The largest absolute Gasteiger partial charge is 0.364 e. The van der Waals surface area contributed by atoms with Gasteiger partial charge in [0.1, 0.15) is 6.10 Å². The molecule has 2 atom stereocenters. The minimum atomic E-state index is -0.364. The number of carbonyl (C=O) groups is 1. The molecule has 0 saturated carbocycles. The van der Waals surface area contributed by atoms with E-state index < -0.39 is 0 Å². The summed E-state index contributed by atoms with van der Waals surface area (Å²) in [5, 5.41) is 0. The van der Waals surface area contributed by atoms with E-state index in [1.807, 2.05) is 30.0 Å². The third-order valence-corrected chi connectivity index (χ3v) is 4.10. The van der Waals surface area contributed by atoms with Gasteiger partial charge in [-0.3, -0.25) is 10.2 Å². The predicted octanol–water partition coefficient (Wildman–Crippen LogP) is 1.46. The number of hydrogen-bond donors (Lipinski definition) is 2. The van der Waals surface area contributed by atoms with Crippen molar-refractivity contribution >= 4 is 17.7 Å². The zero-order chi connectivity index (χ0) is 12.8. The first kappa shape index (κ1) is 13.4. The Balaban J connectivity index is 1.68. The van der Waals surface area contributed by atoms with Gasteiger partial charge in [0.2, 0.25) is 0 Å². The third-order valence-electron chi connectivity index (χ3n) is 2.96. The van der Waals surface area contributed by atoms with E-state index in [2.05, 4.69) is 17.6 Å². The van der Waals surface area contributed by atoms with E-state index >= 15 is 0 Å². The second kappa shape index (κ2) is 6.78. The van der Waals surface area contributed by atoms with Crippen molar-refractivity contribution in [3.05, 3.63) is 35.9 Å². The van der Waals surface area contributed by atoms with E-state index in [0.29, 0.717) is 0 Å². The molecule has 1 heterocycles. The van der Waals surface area contributed by atoms with Crippen molar-refractivity contribution < 1.29 is 9.53 Å². The van der Waals surface area contributed by atoms with E-state index in [1.165, 1.54) is 5.56 Å². The second-order valence-electron chi connectivity index (χ2n) is 4.33. The Morgan fingerprint density at radius 1 is 1.39 bits per heavy atom. The Kier molecular flexibility index (Phi) is 5.04. The molecule has 3 N–H and O–H groups in total. The van der Waals surface area contributed by atoms with E-state index in [0.717, 1.165) is 24.3 Å². The molecule has 1 aliphatic rings. The minimum absolute atomic E-state index is 0.168. The summed E-state index contributed by atoms with van der Waals surface area (Å²) in [4.78, 5) is 11.3. The van der Waals surface area contributed by atoms with Crippen LogP contribution in [0.15, 0.2) is 30.3 Å². The van der Waals surface area contributed by atoms with Gasteiger partial charge in [0.15, 0.2) is 0 Å². The lowest BCUT2D eigenvalue weighted by Crippen LogP contribution is -2.39. The van der Waals surface area contributed by atoms with Crippen molar-refractivity contribution in [2.75, 3.05) is 5.75 Å². The first-order chi connectivity index (χ1) is 8.79. The third kappa shape index (κ3) is 3.73. The Bertz CT molecular complexity index is 386. The number of benzene rings is 1. The molecule has 0 spiro atoms. The van der Waals surface area contributed by atoms with Crippen LogP contribution in [-0.2, 0) is 15.3 Å². The van der Waals surface area contributed by atoms with E-state index in [4.69, 9.17) is 10.6 Å². The van der Waals surface area contributed by atoms with Gasteiger partial charge < -0.3 is 4.74 Å². The summed E-state index contributed by atoms with van der Waals surface area (Å²) < 4.78 is 5.64. The molecule has 2 unspecified atom stereocenters. The van der Waals surface area contributed by atoms with Crippen LogP contribution in [0.25, 0.3) is 0 Å². The number of nitrogens with one attached hydrogen (secondary N) is 1. The number of nitrogens with two attached hydrogens (primary N) is 1. The fraction of sp³-hybridized carbons (Fsp3) is 0.462. The number of ether oxygens (including phenoxy) is 1. The Hall–Kier alpha value is -1.04. The zero-order valence-corrected chi connectivity index (χ0v) is 11.0. The van der Waals surface area contributed by atoms with Crippen LogP contribution in [-0.4, -0.2) is 23.9 Å². The molecule has 0 aliphatic carbocycles. The van der Waals surface area contributed by atoms with Gasteiger partial charge in [0.05, 0.1) is 6.10 Å². The van der Waals surface area contributed by atoms with Crippen molar-refractivity contribution in [2.24, 2.45) is 5.84 Å². The van der Waals surface area contributed by atoms with Gasteiger partial charge in [0.25, 0.3) is 5.91 Å². The summed E-state index contributed by atoms with van der Waals surface area (Å²) in [6.45, 7) is 0. The summed E-state index contributed by atoms with van der Waals surface area (Å²) in [5.74, 6) is 6.77. The number of rotatable bonds is 5. The summed E-state index contributed by atoms with van der Waals surface area (Å²) >= 11 is 1.84. The molecule has 2 rings (SSSR count). The molecule has 5 heteroatoms. The molecule has 1 aromatic rings. The molecule has 1 aliphatic heterocycles. The maximum Gasteiger partial charge on any atom is 0.263 e. The van der Waals surface area contributed by atoms with Crippen LogP contribution in [0.4, 0.5) is 0 Å². The predicted molar refractivity (Wildman–Crippen MR) is 72.8 cm³/mol. The highest BCUT2D eigenvalue weighted by Crippen LogP contribution is 2.24. The van der Waals surface area contributed by atoms with Gasteiger partial charge in [-0.25, -0.2) is 5.84 Å². The van der Waals surface area contributed by atoms with E-state index in [1.54, 1.807) is 0 Å². The summed E-state index contributed by atoms with van der Waals surface area (Å²) in [6.07, 6.45) is 1.50. The summed E-state index contributed by atoms with van der Waals surface area (Å²) in [6, 6.07) is 10.3. The number of amides is 1. The normalized spacial score (nSPS) is 22.9. The standard InChI is InChI=1S/C13H18N2O2S/c14-15-13(16)12-7-6-11(17-12)9-18-8-10-4-2-1-3-5-10/h1-5,11-12H,6-9,14H2,(H,15,16). The van der Waals surface area contributed by atoms with Gasteiger partial charge in [-0.15, -0.1) is 0 Å². The molecule has 1 amide bonds. The minimum Gasteiger partial charge on any atom is -0.364 e. The van der Waals surface area contributed by atoms with E-state index in [-0.39, 0.29) is 18.1 Å². The topological polar surface area (TPSA) is 64.3 Å². The van der Waals surface area contributed by atoms with Crippen LogP contribution in [0.5, 0.6) is 0 Å². The lowest BCUT2D eigenvalue weighted by atomic mass is 10.2. The molecule has 0 aromatic heterocycles. The molecule has 98 valence electrons. The number of hydrogen-bond acceptors (Lipinski definition) is 4. The molecule has 0 bridgehead atoms. The SMILES string of the molecule is NNC(=O)C1CCC(CSCc2ccccc2)O1. The quantitative estimate of drug-likeness (QED) is 0.481. The molecule has 1 fully saturated rings. The first-order valence-corrected chi connectivity index (χ1v) is 7.22. The second-order valence-corrected chi connectivity index (χ2v) is 5.36. The first-order valence-electron chi connectivity index (χ1n) is 6.07. The Morgan fingerprint density at radius 2 is 2.17 bits per heavy atom. The average Bonchev–Trinajstić information content (AvgIpc) is 2.88. The maximum absolute atomic E-state index is 11.3. The van der Waals surface area contributed by atoms with Crippen LogP contribution < -0.4 is 11.3 Å². The van der Waals surface area contributed by atoms with Crippen molar-refractivity contribution in [1.29, 1.82) is 0 Å². The van der Waals surface area contributed by atoms with Crippen molar-refractivity contribution in [3.63, 3.8) is 0 Å². The van der Waals surface area contributed by atoms with Gasteiger partial charge in [-0.2, -0.15) is 11.8 Å². The van der Waals surface area contributed by atoms with Crippen LogP contribution in [0, 0.1) is 0 Å². The van der Waals surface area contributed by atoms with Gasteiger partial charge in [0, 0.05) is 11.5 Å². The molecular formula is C13H18N2O2S.